The zero-order valence-corrected chi connectivity index (χ0v) is 13.8. The van der Waals surface area contributed by atoms with Crippen molar-refractivity contribution in [3.8, 4) is 5.75 Å². The molecule has 5 heteroatoms. The molecule has 1 aromatic heterocycles. The molecule has 5 nitrogen and oxygen atoms in total. The van der Waals surface area contributed by atoms with Crippen LogP contribution < -0.4 is 10.2 Å². The van der Waals surface area contributed by atoms with Gasteiger partial charge in [0.05, 0.1) is 18.9 Å². The zero-order valence-electron chi connectivity index (χ0n) is 13.8. The molecular weight excluding hydrogens is 290 g/mol. The van der Waals surface area contributed by atoms with Crippen LogP contribution in [0.4, 0.5) is 0 Å². The molecule has 0 aliphatic carbocycles. The SMILES string of the molecule is COc1ccc(/C=N/NC(=O)c2cccnc2)cc1C(C)(C)C. The Hall–Kier alpha value is -2.69. The average molecular weight is 311 g/mol. The van der Waals surface area contributed by atoms with Crippen LogP contribution in [0.2, 0.25) is 0 Å². The molecule has 0 fully saturated rings. The van der Waals surface area contributed by atoms with Crippen molar-refractivity contribution in [3.63, 3.8) is 0 Å². The number of carbonyl (C=O) groups excluding carboxylic acids is 1. The van der Waals surface area contributed by atoms with Gasteiger partial charge in [0.1, 0.15) is 5.75 Å². The summed E-state index contributed by atoms with van der Waals surface area (Å²) in [6.07, 6.45) is 4.73. The lowest BCUT2D eigenvalue weighted by molar-refractivity contribution is 0.0955. The Balaban J connectivity index is 2.13. The highest BCUT2D eigenvalue weighted by Crippen LogP contribution is 2.31. The minimum absolute atomic E-state index is 0.0475. The van der Waals surface area contributed by atoms with E-state index in [-0.39, 0.29) is 11.3 Å². The van der Waals surface area contributed by atoms with Gasteiger partial charge in [0.2, 0.25) is 0 Å². The quantitative estimate of drug-likeness (QED) is 0.697. The number of ether oxygens (including phenoxy) is 1. The molecule has 0 saturated carbocycles. The lowest BCUT2D eigenvalue weighted by Crippen LogP contribution is -2.17. The van der Waals surface area contributed by atoms with E-state index >= 15 is 0 Å². The van der Waals surface area contributed by atoms with E-state index in [4.69, 9.17) is 4.74 Å². The van der Waals surface area contributed by atoms with Crippen molar-refractivity contribution in [1.82, 2.24) is 10.4 Å². The highest BCUT2D eigenvalue weighted by atomic mass is 16.5. The molecular formula is C18H21N3O2. The summed E-state index contributed by atoms with van der Waals surface area (Å²) < 4.78 is 5.41. The number of hydrogen-bond donors (Lipinski definition) is 1. The monoisotopic (exact) mass is 311 g/mol. The minimum Gasteiger partial charge on any atom is -0.496 e. The minimum atomic E-state index is -0.293. The topological polar surface area (TPSA) is 63.6 Å². The molecule has 0 spiro atoms. The molecule has 120 valence electrons. The number of rotatable bonds is 4. The Morgan fingerprint density at radius 2 is 2.09 bits per heavy atom. The molecule has 1 amide bonds. The number of methoxy groups -OCH3 is 1. The number of pyridine rings is 1. The van der Waals surface area contributed by atoms with Gasteiger partial charge < -0.3 is 4.74 Å². The fourth-order valence-electron chi connectivity index (χ4n) is 2.12. The molecule has 0 atom stereocenters. The number of nitrogens with one attached hydrogen (secondary N) is 1. The van der Waals surface area contributed by atoms with Crippen molar-refractivity contribution in [3.05, 3.63) is 59.4 Å². The Bertz CT molecular complexity index is 704. The molecule has 0 aliphatic rings. The van der Waals surface area contributed by atoms with E-state index in [2.05, 4.69) is 36.3 Å². The normalized spacial score (nSPS) is 11.5. The molecule has 2 aromatic rings. The zero-order chi connectivity index (χ0) is 16.9. The van der Waals surface area contributed by atoms with Gasteiger partial charge in [-0.2, -0.15) is 5.10 Å². The molecule has 0 unspecified atom stereocenters. The smallest absolute Gasteiger partial charge is 0.272 e. The lowest BCUT2D eigenvalue weighted by atomic mass is 9.85. The number of aromatic nitrogens is 1. The fourth-order valence-corrected chi connectivity index (χ4v) is 2.12. The maximum Gasteiger partial charge on any atom is 0.272 e. The van der Waals surface area contributed by atoms with Crippen molar-refractivity contribution in [2.45, 2.75) is 26.2 Å². The van der Waals surface area contributed by atoms with Crippen molar-refractivity contribution in [2.24, 2.45) is 5.10 Å². The van der Waals surface area contributed by atoms with E-state index in [0.717, 1.165) is 16.9 Å². The Morgan fingerprint density at radius 1 is 1.30 bits per heavy atom. The number of carbonyl (C=O) groups is 1. The van der Waals surface area contributed by atoms with Gasteiger partial charge in [-0.1, -0.05) is 20.8 Å². The van der Waals surface area contributed by atoms with Crippen molar-refractivity contribution < 1.29 is 9.53 Å². The predicted octanol–water partition coefficient (Wildman–Crippen LogP) is 3.15. The number of benzene rings is 1. The molecule has 0 bridgehead atoms. The van der Waals surface area contributed by atoms with Gasteiger partial charge in [0, 0.05) is 18.0 Å². The van der Waals surface area contributed by atoms with Crippen LogP contribution in [-0.4, -0.2) is 24.2 Å². The van der Waals surface area contributed by atoms with Crippen molar-refractivity contribution in [2.75, 3.05) is 7.11 Å². The van der Waals surface area contributed by atoms with Crippen LogP contribution in [0, 0.1) is 0 Å². The van der Waals surface area contributed by atoms with Crippen LogP contribution in [0.5, 0.6) is 5.75 Å². The summed E-state index contributed by atoms with van der Waals surface area (Å²) in [5, 5.41) is 4.00. The first kappa shape index (κ1) is 16.7. The van der Waals surface area contributed by atoms with Crippen LogP contribution in [0.15, 0.2) is 47.8 Å². The Morgan fingerprint density at radius 3 is 2.70 bits per heavy atom. The van der Waals surface area contributed by atoms with Crippen molar-refractivity contribution >= 4 is 12.1 Å². The third kappa shape index (κ3) is 4.39. The van der Waals surface area contributed by atoms with E-state index in [9.17, 15) is 4.79 Å². The highest BCUT2D eigenvalue weighted by molar-refractivity contribution is 5.94. The summed E-state index contributed by atoms with van der Waals surface area (Å²) in [4.78, 5) is 15.8. The molecule has 1 heterocycles. The third-order valence-electron chi connectivity index (χ3n) is 3.33. The summed E-state index contributed by atoms with van der Waals surface area (Å²) in [7, 11) is 1.66. The molecule has 1 aromatic carbocycles. The van der Waals surface area contributed by atoms with Gasteiger partial charge >= 0.3 is 0 Å². The first-order chi connectivity index (χ1) is 10.9. The highest BCUT2D eigenvalue weighted by Gasteiger charge is 2.18. The summed E-state index contributed by atoms with van der Waals surface area (Å²) in [6.45, 7) is 6.36. The summed E-state index contributed by atoms with van der Waals surface area (Å²) in [5.74, 6) is 0.549. The van der Waals surface area contributed by atoms with Gasteiger partial charge in [-0.3, -0.25) is 9.78 Å². The van der Waals surface area contributed by atoms with Gasteiger partial charge in [-0.05, 0) is 41.3 Å². The first-order valence-electron chi connectivity index (χ1n) is 7.34. The molecule has 23 heavy (non-hydrogen) atoms. The summed E-state index contributed by atoms with van der Waals surface area (Å²) >= 11 is 0. The Labute approximate surface area is 136 Å². The lowest BCUT2D eigenvalue weighted by Gasteiger charge is -2.22. The van der Waals surface area contributed by atoms with Crippen molar-refractivity contribution in [1.29, 1.82) is 0 Å². The van der Waals surface area contributed by atoms with Crippen LogP contribution in [0.25, 0.3) is 0 Å². The summed E-state index contributed by atoms with van der Waals surface area (Å²) in [6, 6.07) is 9.21. The second kappa shape index (κ2) is 7.05. The average Bonchev–Trinajstić information content (AvgIpc) is 2.54. The second-order valence-corrected chi connectivity index (χ2v) is 6.15. The van der Waals surface area contributed by atoms with Gasteiger partial charge in [0.25, 0.3) is 5.91 Å². The van der Waals surface area contributed by atoms with Crippen LogP contribution in [0.3, 0.4) is 0 Å². The van der Waals surface area contributed by atoms with Gasteiger partial charge in [-0.15, -0.1) is 0 Å². The number of hydrazone groups is 1. The summed E-state index contributed by atoms with van der Waals surface area (Å²) in [5.41, 5.74) is 4.89. The number of hydrogen-bond acceptors (Lipinski definition) is 4. The van der Waals surface area contributed by atoms with E-state index < -0.39 is 0 Å². The standard InChI is InChI=1S/C18H21N3O2/c1-18(2,3)15-10-13(7-8-16(15)23-4)11-20-21-17(22)14-6-5-9-19-12-14/h5-12H,1-4H3,(H,21,22)/b20-11+. The molecule has 0 aliphatic heterocycles. The maximum atomic E-state index is 11.9. The number of nitrogens with zero attached hydrogens (tertiary/aromatic N) is 2. The molecule has 0 radical (unpaired) electrons. The van der Waals surface area contributed by atoms with Crippen LogP contribution in [0.1, 0.15) is 42.3 Å². The third-order valence-corrected chi connectivity index (χ3v) is 3.33. The van der Waals surface area contributed by atoms with E-state index in [1.54, 1.807) is 31.7 Å². The molecule has 2 rings (SSSR count). The van der Waals surface area contributed by atoms with E-state index in [1.165, 1.54) is 6.20 Å². The van der Waals surface area contributed by atoms with E-state index in [0.29, 0.717) is 5.56 Å². The molecule has 1 N–H and O–H groups in total. The maximum absolute atomic E-state index is 11.9. The van der Waals surface area contributed by atoms with Crippen LogP contribution >= 0.6 is 0 Å². The first-order valence-corrected chi connectivity index (χ1v) is 7.34. The second-order valence-electron chi connectivity index (χ2n) is 6.15. The van der Waals surface area contributed by atoms with Crippen LogP contribution in [-0.2, 0) is 5.41 Å². The van der Waals surface area contributed by atoms with Gasteiger partial charge in [-0.25, -0.2) is 5.43 Å². The predicted molar refractivity (Wildman–Crippen MR) is 91.0 cm³/mol. The largest absolute Gasteiger partial charge is 0.496 e. The van der Waals surface area contributed by atoms with E-state index in [1.807, 2.05) is 18.2 Å². The van der Waals surface area contributed by atoms with Gasteiger partial charge in [0.15, 0.2) is 0 Å². The Kier molecular flexibility index (Phi) is 5.11. The fraction of sp³-hybridized carbons (Fsp3) is 0.278. The molecule has 0 saturated heterocycles. The number of amides is 1.